The predicted molar refractivity (Wildman–Crippen MR) is 52.8 cm³/mol. The lowest BCUT2D eigenvalue weighted by Crippen LogP contribution is -2.21. The molecule has 2 aliphatic heterocycles. The summed E-state index contributed by atoms with van der Waals surface area (Å²) in [6, 6.07) is -0.0463. The van der Waals surface area contributed by atoms with Crippen molar-refractivity contribution in [1.29, 1.82) is 0 Å². The molecule has 0 bridgehead atoms. The van der Waals surface area contributed by atoms with E-state index in [2.05, 4.69) is 10.6 Å². The SMILES string of the molecule is CC1CCN(C)C1=O.O=C1NCCN1. The maximum atomic E-state index is 10.8. The molecule has 0 radical (unpaired) electrons. The average Bonchev–Trinajstić information content (AvgIpc) is 2.73. The third-order valence-electron chi connectivity index (χ3n) is 2.39. The molecule has 80 valence electrons. The van der Waals surface area contributed by atoms with Gasteiger partial charge in [-0.1, -0.05) is 6.92 Å². The molecule has 3 amide bonds. The van der Waals surface area contributed by atoms with Crippen LogP contribution in [-0.2, 0) is 4.79 Å². The van der Waals surface area contributed by atoms with Gasteiger partial charge in [0.05, 0.1) is 0 Å². The summed E-state index contributed by atoms with van der Waals surface area (Å²) < 4.78 is 0. The van der Waals surface area contributed by atoms with Crippen LogP contribution in [0.1, 0.15) is 13.3 Å². The number of hydrogen-bond donors (Lipinski definition) is 2. The predicted octanol–water partition coefficient (Wildman–Crippen LogP) is -0.216. The Hall–Kier alpha value is -1.26. The fourth-order valence-electron chi connectivity index (χ4n) is 1.41. The van der Waals surface area contributed by atoms with Gasteiger partial charge in [0.2, 0.25) is 5.91 Å². The fourth-order valence-corrected chi connectivity index (χ4v) is 1.41. The van der Waals surface area contributed by atoms with Crippen molar-refractivity contribution in [2.75, 3.05) is 26.7 Å². The Bertz CT molecular complexity index is 210. The number of carbonyl (C=O) groups is 2. The lowest BCUT2D eigenvalue weighted by Gasteiger charge is -2.05. The van der Waals surface area contributed by atoms with E-state index in [0.717, 1.165) is 26.1 Å². The number of likely N-dealkylation sites (tertiary alicyclic amines) is 1. The number of nitrogens with zero attached hydrogens (tertiary/aromatic N) is 1. The molecule has 2 N–H and O–H groups in total. The van der Waals surface area contributed by atoms with Crippen LogP contribution < -0.4 is 10.6 Å². The van der Waals surface area contributed by atoms with E-state index in [-0.39, 0.29) is 11.9 Å². The molecule has 0 aromatic heterocycles. The molecule has 5 nitrogen and oxygen atoms in total. The van der Waals surface area contributed by atoms with E-state index in [1.807, 2.05) is 14.0 Å². The highest BCUT2D eigenvalue weighted by molar-refractivity contribution is 5.80. The molecule has 2 heterocycles. The van der Waals surface area contributed by atoms with Crippen molar-refractivity contribution < 1.29 is 9.59 Å². The second kappa shape index (κ2) is 4.83. The summed E-state index contributed by atoms with van der Waals surface area (Å²) in [5.41, 5.74) is 0. The van der Waals surface area contributed by atoms with Gasteiger partial charge in [0.1, 0.15) is 0 Å². The van der Waals surface area contributed by atoms with Crippen molar-refractivity contribution >= 4 is 11.9 Å². The Morgan fingerprint density at radius 2 is 1.86 bits per heavy atom. The van der Waals surface area contributed by atoms with Gasteiger partial charge >= 0.3 is 6.03 Å². The van der Waals surface area contributed by atoms with Crippen molar-refractivity contribution in [3.8, 4) is 0 Å². The fraction of sp³-hybridized carbons (Fsp3) is 0.778. The maximum Gasteiger partial charge on any atom is 0.314 e. The molecular weight excluding hydrogens is 182 g/mol. The summed E-state index contributed by atoms with van der Waals surface area (Å²) in [5, 5.41) is 5.14. The highest BCUT2D eigenvalue weighted by Crippen LogP contribution is 2.13. The summed E-state index contributed by atoms with van der Waals surface area (Å²) in [6.07, 6.45) is 1.04. The number of urea groups is 1. The van der Waals surface area contributed by atoms with Crippen molar-refractivity contribution in [1.82, 2.24) is 15.5 Å². The molecule has 0 saturated carbocycles. The third-order valence-corrected chi connectivity index (χ3v) is 2.39. The zero-order valence-corrected chi connectivity index (χ0v) is 8.67. The number of hydrogen-bond acceptors (Lipinski definition) is 2. The zero-order valence-electron chi connectivity index (χ0n) is 8.67. The molecule has 2 saturated heterocycles. The zero-order chi connectivity index (χ0) is 10.6. The molecule has 2 rings (SSSR count). The van der Waals surface area contributed by atoms with Crippen LogP contribution in [0.15, 0.2) is 0 Å². The molecule has 0 aromatic rings. The first-order valence-corrected chi connectivity index (χ1v) is 4.88. The third kappa shape index (κ3) is 2.90. The smallest absolute Gasteiger partial charge is 0.314 e. The Balaban J connectivity index is 0.000000146. The van der Waals surface area contributed by atoms with Crippen LogP contribution in [0.5, 0.6) is 0 Å². The quantitative estimate of drug-likeness (QED) is 0.567. The van der Waals surface area contributed by atoms with Crippen LogP contribution in [0.2, 0.25) is 0 Å². The van der Waals surface area contributed by atoms with E-state index < -0.39 is 0 Å². The first-order valence-electron chi connectivity index (χ1n) is 4.88. The molecule has 0 spiro atoms. The average molecular weight is 199 g/mol. The van der Waals surface area contributed by atoms with E-state index >= 15 is 0 Å². The van der Waals surface area contributed by atoms with E-state index in [1.165, 1.54) is 0 Å². The molecule has 14 heavy (non-hydrogen) atoms. The first kappa shape index (κ1) is 10.8. The molecule has 1 unspecified atom stereocenters. The molecule has 2 aliphatic rings. The Morgan fingerprint density at radius 1 is 1.29 bits per heavy atom. The number of amides is 3. The molecule has 0 aromatic carbocycles. The van der Waals surface area contributed by atoms with E-state index in [9.17, 15) is 9.59 Å². The maximum absolute atomic E-state index is 10.8. The van der Waals surface area contributed by atoms with Crippen LogP contribution in [-0.4, -0.2) is 43.5 Å². The van der Waals surface area contributed by atoms with Crippen molar-refractivity contribution in [3.05, 3.63) is 0 Å². The molecule has 0 aliphatic carbocycles. The van der Waals surface area contributed by atoms with Gasteiger partial charge in [-0.15, -0.1) is 0 Å². The minimum absolute atomic E-state index is 0.0463. The minimum Gasteiger partial charge on any atom is -0.346 e. The lowest BCUT2D eigenvalue weighted by molar-refractivity contribution is -0.129. The van der Waals surface area contributed by atoms with Crippen LogP contribution >= 0.6 is 0 Å². The number of carbonyl (C=O) groups excluding carboxylic acids is 2. The Kier molecular flexibility index (Phi) is 3.73. The van der Waals surface area contributed by atoms with Crippen LogP contribution in [0.3, 0.4) is 0 Å². The van der Waals surface area contributed by atoms with Gasteiger partial charge in [-0.2, -0.15) is 0 Å². The molecule has 5 heteroatoms. The molecular formula is C9H17N3O2. The lowest BCUT2D eigenvalue weighted by atomic mass is 10.1. The van der Waals surface area contributed by atoms with Crippen molar-refractivity contribution in [2.45, 2.75) is 13.3 Å². The first-order chi connectivity index (χ1) is 6.61. The van der Waals surface area contributed by atoms with E-state index in [0.29, 0.717) is 5.91 Å². The van der Waals surface area contributed by atoms with Crippen molar-refractivity contribution in [2.24, 2.45) is 5.92 Å². The van der Waals surface area contributed by atoms with Gasteiger partial charge in [0.15, 0.2) is 0 Å². The molecule has 2 fully saturated rings. The highest BCUT2D eigenvalue weighted by Gasteiger charge is 2.23. The van der Waals surface area contributed by atoms with Crippen LogP contribution in [0.25, 0.3) is 0 Å². The minimum atomic E-state index is -0.0463. The van der Waals surface area contributed by atoms with E-state index in [1.54, 1.807) is 4.90 Å². The highest BCUT2D eigenvalue weighted by atomic mass is 16.2. The molecule has 1 atom stereocenters. The summed E-state index contributed by atoms with van der Waals surface area (Å²) in [7, 11) is 1.85. The van der Waals surface area contributed by atoms with Crippen LogP contribution in [0.4, 0.5) is 4.79 Å². The normalized spacial score (nSPS) is 25.3. The van der Waals surface area contributed by atoms with Crippen LogP contribution in [0, 0.1) is 5.92 Å². The second-order valence-electron chi connectivity index (χ2n) is 3.63. The monoisotopic (exact) mass is 199 g/mol. The summed E-state index contributed by atoms with van der Waals surface area (Å²) in [6.45, 7) is 4.48. The summed E-state index contributed by atoms with van der Waals surface area (Å²) in [5.74, 6) is 0.574. The Labute approximate surface area is 83.8 Å². The van der Waals surface area contributed by atoms with Gasteiger partial charge in [0, 0.05) is 32.6 Å². The van der Waals surface area contributed by atoms with Gasteiger partial charge in [-0.05, 0) is 6.42 Å². The van der Waals surface area contributed by atoms with Gasteiger partial charge in [-0.3, -0.25) is 4.79 Å². The van der Waals surface area contributed by atoms with Crippen molar-refractivity contribution in [3.63, 3.8) is 0 Å². The number of rotatable bonds is 0. The topological polar surface area (TPSA) is 61.4 Å². The van der Waals surface area contributed by atoms with Gasteiger partial charge < -0.3 is 15.5 Å². The van der Waals surface area contributed by atoms with Gasteiger partial charge in [0.25, 0.3) is 0 Å². The number of nitrogens with one attached hydrogen (secondary N) is 2. The standard InChI is InChI=1S/C6H11NO.C3H6N2O/c1-5-3-4-7(2)6(5)8;6-3-4-1-2-5-3/h5H,3-4H2,1-2H3;1-2H2,(H2,4,5,6). The largest absolute Gasteiger partial charge is 0.346 e. The summed E-state index contributed by atoms with van der Waals surface area (Å²) >= 11 is 0. The van der Waals surface area contributed by atoms with Gasteiger partial charge in [-0.25, -0.2) is 4.79 Å². The summed E-state index contributed by atoms with van der Waals surface area (Å²) in [4.78, 5) is 22.6. The van der Waals surface area contributed by atoms with E-state index in [4.69, 9.17) is 0 Å². The second-order valence-corrected chi connectivity index (χ2v) is 3.63. The Morgan fingerprint density at radius 3 is 2.00 bits per heavy atom.